The standard InChI is InChI=1S/C19H32N2O3/c1-13-4-6-14(7-5-13)21(12-16-3-2-10-23-16)19(22)20-17-11-15-8-9-18(17)24-15/h13-18H,2-12H2,1H3,(H,20,22)/t13?,14?,15-,16-,17-,18-/m1/s1. The molecule has 4 fully saturated rings. The summed E-state index contributed by atoms with van der Waals surface area (Å²) in [5.74, 6) is 0.799. The van der Waals surface area contributed by atoms with E-state index < -0.39 is 0 Å². The smallest absolute Gasteiger partial charge is 0.318 e. The van der Waals surface area contributed by atoms with Crippen molar-refractivity contribution in [2.24, 2.45) is 5.92 Å². The molecule has 1 N–H and O–H groups in total. The molecule has 0 spiro atoms. The van der Waals surface area contributed by atoms with E-state index in [0.29, 0.717) is 12.1 Å². The highest BCUT2D eigenvalue weighted by atomic mass is 16.5. The van der Waals surface area contributed by atoms with Crippen molar-refractivity contribution in [1.29, 1.82) is 0 Å². The molecule has 0 unspecified atom stereocenters. The van der Waals surface area contributed by atoms with Crippen LogP contribution in [0.25, 0.3) is 0 Å². The van der Waals surface area contributed by atoms with Crippen molar-refractivity contribution in [1.82, 2.24) is 10.2 Å². The van der Waals surface area contributed by atoms with Crippen LogP contribution in [-0.2, 0) is 9.47 Å². The molecule has 1 saturated carbocycles. The molecule has 4 aliphatic rings. The monoisotopic (exact) mass is 336 g/mol. The lowest BCUT2D eigenvalue weighted by Crippen LogP contribution is -2.54. The van der Waals surface area contributed by atoms with Crippen molar-refractivity contribution < 1.29 is 14.3 Å². The number of amides is 2. The summed E-state index contributed by atoms with van der Waals surface area (Å²) in [6, 6.07) is 0.710. The molecule has 0 aromatic carbocycles. The zero-order valence-electron chi connectivity index (χ0n) is 14.9. The SMILES string of the molecule is CC1CCC(N(C[C@H]2CCCO2)C(=O)N[C@@H]2C[C@H]3CC[C@H]2O3)CC1. The van der Waals surface area contributed by atoms with Gasteiger partial charge in [-0.3, -0.25) is 0 Å². The summed E-state index contributed by atoms with van der Waals surface area (Å²) in [5, 5.41) is 3.30. The highest BCUT2D eigenvalue weighted by Crippen LogP contribution is 2.35. The molecule has 2 amide bonds. The maximum Gasteiger partial charge on any atom is 0.318 e. The van der Waals surface area contributed by atoms with Gasteiger partial charge in [-0.25, -0.2) is 4.79 Å². The quantitative estimate of drug-likeness (QED) is 0.858. The van der Waals surface area contributed by atoms with E-state index >= 15 is 0 Å². The Bertz CT molecular complexity index is 444. The minimum atomic E-state index is 0.117. The van der Waals surface area contributed by atoms with E-state index in [1.807, 2.05) is 0 Å². The largest absolute Gasteiger partial charge is 0.376 e. The Morgan fingerprint density at radius 2 is 1.96 bits per heavy atom. The molecular weight excluding hydrogens is 304 g/mol. The Hall–Kier alpha value is -0.810. The number of fused-ring (bicyclic) bond motifs is 2. The second-order valence-electron chi connectivity index (χ2n) is 8.37. The van der Waals surface area contributed by atoms with Crippen LogP contribution in [0.1, 0.15) is 64.7 Å². The van der Waals surface area contributed by atoms with Gasteiger partial charge in [-0.15, -0.1) is 0 Å². The van der Waals surface area contributed by atoms with E-state index in [0.717, 1.165) is 64.0 Å². The maximum atomic E-state index is 13.0. The molecule has 5 heteroatoms. The molecule has 0 aromatic heterocycles. The first-order valence-corrected chi connectivity index (χ1v) is 10.0. The number of hydrogen-bond donors (Lipinski definition) is 1. The minimum Gasteiger partial charge on any atom is -0.376 e. The first-order chi connectivity index (χ1) is 11.7. The number of nitrogens with one attached hydrogen (secondary N) is 1. The lowest BCUT2D eigenvalue weighted by atomic mass is 9.86. The molecule has 5 nitrogen and oxygen atoms in total. The molecule has 4 rings (SSSR count). The summed E-state index contributed by atoms with van der Waals surface area (Å²) in [4.78, 5) is 15.2. The van der Waals surface area contributed by atoms with Crippen molar-refractivity contribution in [2.75, 3.05) is 13.2 Å². The van der Waals surface area contributed by atoms with Crippen LogP contribution in [0.15, 0.2) is 0 Å². The van der Waals surface area contributed by atoms with Gasteiger partial charge in [0.25, 0.3) is 0 Å². The summed E-state index contributed by atoms with van der Waals surface area (Å²) in [6.07, 6.45) is 11.1. The Morgan fingerprint density at radius 3 is 2.58 bits per heavy atom. The molecule has 0 radical (unpaired) electrons. The fourth-order valence-electron chi connectivity index (χ4n) is 4.99. The first-order valence-electron chi connectivity index (χ1n) is 10.0. The Labute approximate surface area is 145 Å². The van der Waals surface area contributed by atoms with Gasteiger partial charge in [-0.1, -0.05) is 6.92 Å². The molecule has 3 aliphatic heterocycles. The zero-order chi connectivity index (χ0) is 16.5. The average Bonchev–Trinajstić information content (AvgIpc) is 3.31. The van der Waals surface area contributed by atoms with Gasteiger partial charge in [0.15, 0.2) is 0 Å². The van der Waals surface area contributed by atoms with Gasteiger partial charge in [0.2, 0.25) is 0 Å². The average molecular weight is 336 g/mol. The fourth-order valence-corrected chi connectivity index (χ4v) is 4.99. The molecule has 0 aromatic rings. The van der Waals surface area contributed by atoms with Gasteiger partial charge in [0, 0.05) is 19.2 Å². The lowest BCUT2D eigenvalue weighted by Gasteiger charge is -2.38. The van der Waals surface area contributed by atoms with Crippen LogP contribution in [-0.4, -0.2) is 54.5 Å². The Morgan fingerprint density at radius 1 is 1.12 bits per heavy atom. The molecule has 3 heterocycles. The summed E-state index contributed by atoms with van der Waals surface area (Å²) in [7, 11) is 0. The summed E-state index contributed by atoms with van der Waals surface area (Å²) < 4.78 is 11.7. The zero-order valence-corrected chi connectivity index (χ0v) is 14.9. The fraction of sp³-hybridized carbons (Fsp3) is 0.947. The predicted octanol–water partition coefficient (Wildman–Crippen LogP) is 3.08. The van der Waals surface area contributed by atoms with Crippen LogP contribution >= 0.6 is 0 Å². The van der Waals surface area contributed by atoms with Crippen LogP contribution in [0.4, 0.5) is 4.79 Å². The normalized spacial score (nSPS) is 41.5. The predicted molar refractivity (Wildman–Crippen MR) is 91.9 cm³/mol. The maximum absolute atomic E-state index is 13.0. The molecule has 1 aliphatic carbocycles. The van der Waals surface area contributed by atoms with E-state index in [9.17, 15) is 4.79 Å². The van der Waals surface area contributed by atoms with Crippen LogP contribution < -0.4 is 5.32 Å². The van der Waals surface area contributed by atoms with Crippen LogP contribution in [0.3, 0.4) is 0 Å². The van der Waals surface area contributed by atoms with Gasteiger partial charge in [0.05, 0.1) is 24.4 Å². The number of nitrogens with zero attached hydrogens (tertiary/aromatic N) is 1. The molecule has 136 valence electrons. The van der Waals surface area contributed by atoms with Gasteiger partial charge in [-0.05, 0) is 63.7 Å². The molecule has 4 atom stereocenters. The third-order valence-corrected chi connectivity index (χ3v) is 6.53. The van der Waals surface area contributed by atoms with E-state index in [4.69, 9.17) is 9.47 Å². The summed E-state index contributed by atoms with van der Waals surface area (Å²) in [5.41, 5.74) is 0. The Kier molecular flexibility index (Phi) is 5.00. The van der Waals surface area contributed by atoms with E-state index in [2.05, 4.69) is 17.1 Å². The minimum absolute atomic E-state index is 0.117. The van der Waals surface area contributed by atoms with Crippen LogP contribution in [0, 0.1) is 5.92 Å². The van der Waals surface area contributed by atoms with Crippen molar-refractivity contribution in [3.05, 3.63) is 0 Å². The van der Waals surface area contributed by atoms with Gasteiger partial charge < -0.3 is 19.7 Å². The molecule has 24 heavy (non-hydrogen) atoms. The second kappa shape index (κ2) is 7.20. The van der Waals surface area contributed by atoms with Crippen molar-refractivity contribution in [3.8, 4) is 0 Å². The summed E-state index contributed by atoms with van der Waals surface area (Å²) in [6.45, 7) is 3.93. The first kappa shape index (κ1) is 16.6. The van der Waals surface area contributed by atoms with Crippen molar-refractivity contribution >= 4 is 6.03 Å². The topological polar surface area (TPSA) is 50.8 Å². The van der Waals surface area contributed by atoms with E-state index in [1.54, 1.807) is 0 Å². The van der Waals surface area contributed by atoms with Crippen molar-refractivity contribution in [2.45, 2.75) is 95.1 Å². The van der Waals surface area contributed by atoms with E-state index in [1.165, 1.54) is 12.8 Å². The number of ether oxygens (including phenoxy) is 2. The number of urea groups is 1. The highest BCUT2D eigenvalue weighted by Gasteiger charge is 2.42. The number of carbonyl (C=O) groups excluding carboxylic acids is 1. The van der Waals surface area contributed by atoms with E-state index in [-0.39, 0.29) is 24.3 Å². The molecule has 2 bridgehead atoms. The second-order valence-corrected chi connectivity index (χ2v) is 8.37. The van der Waals surface area contributed by atoms with Crippen LogP contribution in [0.2, 0.25) is 0 Å². The Balaban J connectivity index is 1.39. The van der Waals surface area contributed by atoms with Gasteiger partial charge in [-0.2, -0.15) is 0 Å². The molecule has 3 saturated heterocycles. The van der Waals surface area contributed by atoms with Gasteiger partial charge >= 0.3 is 6.03 Å². The summed E-state index contributed by atoms with van der Waals surface area (Å²) >= 11 is 0. The van der Waals surface area contributed by atoms with Crippen molar-refractivity contribution in [3.63, 3.8) is 0 Å². The molecular formula is C19H32N2O3. The third-order valence-electron chi connectivity index (χ3n) is 6.53. The lowest BCUT2D eigenvalue weighted by molar-refractivity contribution is 0.0577. The number of rotatable bonds is 4. The number of carbonyl (C=O) groups is 1. The van der Waals surface area contributed by atoms with Crippen LogP contribution in [0.5, 0.6) is 0 Å². The van der Waals surface area contributed by atoms with Gasteiger partial charge in [0.1, 0.15) is 0 Å². The highest BCUT2D eigenvalue weighted by molar-refractivity contribution is 5.75. The third kappa shape index (κ3) is 3.57. The number of hydrogen-bond acceptors (Lipinski definition) is 3.